The maximum Gasteiger partial charge on any atom is 0.119 e. The van der Waals surface area contributed by atoms with Gasteiger partial charge in [-0.25, -0.2) is 0 Å². The fourth-order valence-corrected chi connectivity index (χ4v) is 9.30. The molecular weight excluding hydrogens is 416 g/mol. The van der Waals surface area contributed by atoms with Crippen LogP contribution in [0.15, 0.2) is 48.5 Å². The molecular formula is C31H45OSi. The van der Waals surface area contributed by atoms with Crippen LogP contribution in [-0.4, -0.2) is 15.4 Å². The van der Waals surface area contributed by atoms with E-state index in [4.69, 9.17) is 4.74 Å². The van der Waals surface area contributed by atoms with Crippen LogP contribution < -0.4 is 4.74 Å². The molecule has 0 bridgehead atoms. The third-order valence-corrected chi connectivity index (χ3v) is 11.6. The lowest BCUT2D eigenvalue weighted by Crippen LogP contribution is -2.28. The molecule has 1 nitrogen and oxygen atoms in total. The van der Waals surface area contributed by atoms with Gasteiger partial charge in [0.05, 0.1) is 6.61 Å². The van der Waals surface area contributed by atoms with E-state index in [1.165, 1.54) is 56.1 Å². The van der Waals surface area contributed by atoms with Crippen molar-refractivity contribution in [1.82, 2.24) is 0 Å². The SMILES string of the molecule is CCCCCOc1ccc(-c2ccc(C3CCC(C4CC[Si](CCC)CC4)CC3)cc2)cc1. The Kier molecular flexibility index (Phi) is 9.53. The standard InChI is InChI=1S/C31H45OSi/c1-3-5-6-21-32-31-17-15-29(16-18-31)27-9-7-25(8-10-27)26-11-13-28(14-12-26)30-19-23-33(22-4-2)24-20-30/h7-10,15-18,26,28,30H,3-6,11-14,19-24H2,1-2H3. The predicted octanol–water partition coefficient (Wildman–Crippen LogP) is 9.51. The van der Waals surface area contributed by atoms with E-state index < -0.39 is 0 Å². The normalized spacial score (nSPS) is 22.4. The van der Waals surface area contributed by atoms with E-state index >= 15 is 0 Å². The van der Waals surface area contributed by atoms with Gasteiger partial charge >= 0.3 is 0 Å². The fraction of sp³-hybridized carbons (Fsp3) is 0.613. The first-order valence-electron chi connectivity index (χ1n) is 13.9. The highest BCUT2D eigenvalue weighted by atomic mass is 28.3. The molecule has 1 heterocycles. The van der Waals surface area contributed by atoms with Crippen LogP contribution in [-0.2, 0) is 0 Å². The van der Waals surface area contributed by atoms with Crippen molar-refractivity contribution in [3.05, 3.63) is 54.1 Å². The van der Waals surface area contributed by atoms with E-state index in [-0.39, 0.29) is 8.80 Å². The minimum absolute atomic E-state index is 0.0349. The van der Waals surface area contributed by atoms with Gasteiger partial charge in [0.15, 0.2) is 0 Å². The van der Waals surface area contributed by atoms with Crippen LogP contribution in [0.4, 0.5) is 0 Å². The van der Waals surface area contributed by atoms with Crippen LogP contribution in [0, 0.1) is 11.8 Å². The van der Waals surface area contributed by atoms with Crippen molar-refractivity contribution in [2.75, 3.05) is 6.61 Å². The van der Waals surface area contributed by atoms with Gasteiger partial charge in [-0.3, -0.25) is 0 Å². The molecule has 2 heteroatoms. The first kappa shape index (κ1) is 24.6. The van der Waals surface area contributed by atoms with E-state index in [1.807, 2.05) is 0 Å². The van der Waals surface area contributed by atoms with E-state index in [0.717, 1.165) is 36.5 Å². The highest BCUT2D eigenvalue weighted by Crippen LogP contribution is 2.43. The summed E-state index contributed by atoms with van der Waals surface area (Å²) in [4.78, 5) is 0. The third-order valence-electron chi connectivity index (χ3n) is 8.37. The van der Waals surface area contributed by atoms with Crippen molar-refractivity contribution >= 4 is 8.80 Å². The molecule has 4 rings (SSSR count). The highest BCUT2D eigenvalue weighted by molar-refractivity contribution is 6.58. The van der Waals surface area contributed by atoms with Crippen molar-refractivity contribution < 1.29 is 4.74 Å². The summed E-state index contributed by atoms with van der Waals surface area (Å²) in [6, 6.07) is 22.9. The minimum Gasteiger partial charge on any atom is -0.494 e. The second-order valence-electron chi connectivity index (χ2n) is 10.7. The summed E-state index contributed by atoms with van der Waals surface area (Å²) in [5.74, 6) is 3.84. The summed E-state index contributed by atoms with van der Waals surface area (Å²) in [7, 11) is 0.0349. The Morgan fingerprint density at radius 1 is 0.697 bits per heavy atom. The van der Waals surface area contributed by atoms with Crippen LogP contribution in [0.1, 0.15) is 89.5 Å². The van der Waals surface area contributed by atoms with Crippen molar-refractivity contribution in [1.29, 1.82) is 0 Å². The second-order valence-corrected chi connectivity index (χ2v) is 13.7. The molecule has 0 spiro atoms. The molecule has 1 saturated heterocycles. The predicted molar refractivity (Wildman–Crippen MR) is 145 cm³/mol. The molecule has 0 aromatic heterocycles. The van der Waals surface area contributed by atoms with Gasteiger partial charge < -0.3 is 4.74 Å². The molecule has 1 saturated carbocycles. The van der Waals surface area contributed by atoms with Crippen LogP contribution in [0.5, 0.6) is 5.75 Å². The molecule has 0 atom stereocenters. The Morgan fingerprint density at radius 3 is 1.91 bits per heavy atom. The van der Waals surface area contributed by atoms with Gasteiger partial charge in [-0.1, -0.05) is 100 Å². The average Bonchev–Trinajstić information content (AvgIpc) is 2.88. The van der Waals surface area contributed by atoms with Crippen LogP contribution >= 0.6 is 0 Å². The molecule has 1 aliphatic carbocycles. The number of unbranched alkanes of at least 4 members (excludes halogenated alkanes) is 2. The topological polar surface area (TPSA) is 9.23 Å². The van der Waals surface area contributed by atoms with E-state index in [2.05, 4.69) is 62.4 Å². The number of hydrogen-bond acceptors (Lipinski definition) is 1. The highest BCUT2D eigenvalue weighted by Gasteiger charge is 2.31. The van der Waals surface area contributed by atoms with Crippen molar-refractivity contribution in [2.24, 2.45) is 11.8 Å². The Labute approximate surface area is 205 Å². The fourth-order valence-electron chi connectivity index (χ4n) is 6.28. The summed E-state index contributed by atoms with van der Waals surface area (Å²) in [5.41, 5.74) is 4.16. The molecule has 0 unspecified atom stereocenters. The Morgan fingerprint density at radius 2 is 1.30 bits per heavy atom. The summed E-state index contributed by atoms with van der Waals surface area (Å²) in [6.45, 7) is 5.43. The summed E-state index contributed by atoms with van der Waals surface area (Å²) >= 11 is 0. The zero-order valence-electron chi connectivity index (χ0n) is 21.2. The van der Waals surface area contributed by atoms with Crippen LogP contribution in [0.3, 0.4) is 0 Å². The van der Waals surface area contributed by atoms with Gasteiger partial charge in [-0.05, 0) is 78.7 Å². The largest absolute Gasteiger partial charge is 0.494 e. The lowest BCUT2D eigenvalue weighted by Gasteiger charge is -2.37. The summed E-state index contributed by atoms with van der Waals surface area (Å²) in [6.07, 6.45) is 13.9. The summed E-state index contributed by atoms with van der Waals surface area (Å²) < 4.78 is 5.87. The monoisotopic (exact) mass is 461 g/mol. The van der Waals surface area contributed by atoms with Gasteiger partial charge in [0.2, 0.25) is 0 Å². The van der Waals surface area contributed by atoms with Gasteiger partial charge in [-0.15, -0.1) is 0 Å². The van der Waals surface area contributed by atoms with Crippen molar-refractivity contribution in [3.63, 3.8) is 0 Å². The number of benzene rings is 2. The van der Waals surface area contributed by atoms with Gasteiger partial charge in [-0.2, -0.15) is 0 Å². The van der Waals surface area contributed by atoms with E-state index in [9.17, 15) is 0 Å². The van der Waals surface area contributed by atoms with E-state index in [1.54, 1.807) is 36.5 Å². The first-order chi connectivity index (χ1) is 16.3. The number of ether oxygens (including phenoxy) is 1. The quantitative estimate of drug-likeness (QED) is 0.253. The van der Waals surface area contributed by atoms with Crippen molar-refractivity contribution in [3.8, 4) is 16.9 Å². The number of rotatable bonds is 10. The summed E-state index contributed by atoms with van der Waals surface area (Å²) in [5, 5.41) is 0. The average molecular weight is 462 g/mol. The first-order valence-corrected chi connectivity index (χ1v) is 16.1. The van der Waals surface area contributed by atoms with Gasteiger partial charge in [0.1, 0.15) is 5.75 Å². The molecule has 2 aromatic rings. The number of hydrogen-bond donors (Lipinski definition) is 0. The van der Waals surface area contributed by atoms with Gasteiger partial charge in [0.25, 0.3) is 0 Å². The Hall–Kier alpha value is -1.54. The maximum atomic E-state index is 5.87. The molecule has 179 valence electrons. The molecule has 1 aliphatic heterocycles. The van der Waals surface area contributed by atoms with E-state index in [0.29, 0.717) is 0 Å². The zero-order chi connectivity index (χ0) is 22.9. The molecule has 2 fully saturated rings. The molecule has 0 N–H and O–H groups in total. The maximum absolute atomic E-state index is 5.87. The lowest BCUT2D eigenvalue weighted by atomic mass is 9.72. The molecule has 2 aliphatic rings. The lowest BCUT2D eigenvalue weighted by molar-refractivity contribution is 0.216. The van der Waals surface area contributed by atoms with Crippen LogP contribution in [0.2, 0.25) is 18.1 Å². The van der Waals surface area contributed by atoms with Crippen LogP contribution in [0.25, 0.3) is 11.1 Å². The molecule has 0 amide bonds. The van der Waals surface area contributed by atoms with Gasteiger partial charge in [0, 0.05) is 8.80 Å². The zero-order valence-corrected chi connectivity index (χ0v) is 22.2. The molecule has 2 aromatic carbocycles. The molecule has 33 heavy (non-hydrogen) atoms. The molecule has 1 radical (unpaired) electrons. The second kappa shape index (κ2) is 12.8. The van der Waals surface area contributed by atoms with Crippen molar-refractivity contribution in [2.45, 2.75) is 102 Å². The Balaban J connectivity index is 1.24. The minimum atomic E-state index is 0.0349. The Bertz CT molecular complexity index is 796. The third kappa shape index (κ3) is 6.98. The smallest absolute Gasteiger partial charge is 0.119 e.